The van der Waals surface area contributed by atoms with E-state index in [1.165, 1.54) is 0 Å². The Balaban J connectivity index is 4.24. The molecule has 0 heterocycles. The van der Waals surface area contributed by atoms with E-state index in [9.17, 15) is 34.7 Å². The van der Waals surface area contributed by atoms with E-state index in [1.807, 2.05) is 0 Å². The Morgan fingerprint density at radius 1 is 1.00 bits per heavy atom. The van der Waals surface area contributed by atoms with Crippen molar-refractivity contribution in [3.8, 4) is 0 Å². The SMILES string of the molecule is FP(/N=[PH](/F)OC(F)(F)F)OC(F)(F)F. The van der Waals surface area contributed by atoms with Gasteiger partial charge in [0, 0.05) is 0 Å². The van der Waals surface area contributed by atoms with Gasteiger partial charge < -0.3 is 0 Å². The van der Waals surface area contributed by atoms with Crippen LogP contribution in [0, 0.1) is 0 Å². The van der Waals surface area contributed by atoms with Gasteiger partial charge in [-0.3, -0.25) is 0 Å². The summed E-state index contributed by atoms with van der Waals surface area (Å²) in [6.07, 6.45) is -10.9. The minimum atomic E-state index is -5.44. The van der Waals surface area contributed by atoms with Gasteiger partial charge in [-0.15, -0.1) is 26.3 Å². The molecule has 0 radical (unpaired) electrons. The van der Waals surface area contributed by atoms with Crippen LogP contribution >= 0.6 is 16.9 Å². The van der Waals surface area contributed by atoms with E-state index < -0.39 is 29.6 Å². The van der Waals surface area contributed by atoms with Crippen LogP contribution in [0.15, 0.2) is 4.52 Å². The maximum atomic E-state index is 12.0. The normalized spacial score (nSPS) is 17.9. The lowest BCUT2D eigenvalue weighted by atomic mass is 11.4. The van der Waals surface area contributed by atoms with E-state index in [0.29, 0.717) is 0 Å². The van der Waals surface area contributed by atoms with Crippen molar-refractivity contribution in [2.45, 2.75) is 12.7 Å². The number of nitrogens with zero attached hydrogens (tertiary/aromatic N) is 1. The molecule has 0 amide bonds. The first-order valence-corrected chi connectivity index (χ1v) is 5.05. The maximum absolute atomic E-state index is 12.0. The molecule has 3 nitrogen and oxygen atoms in total. The van der Waals surface area contributed by atoms with Crippen molar-refractivity contribution in [1.82, 2.24) is 0 Å². The van der Waals surface area contributed by atoms with Crippen LogP contribution in [-0.4, -0.2) is 12.7 Å². The fraction of sp³-hybridized carbons (Fsp3) is 1.00. The van der Waals surface area contributed by atoms with Gasteiger partial charge in [0.05, 0.1) is 0 Å². The molecule has 0 aliphatic rings. The van der Waals surface area contributed by atoms with Gasteiger partial charge >= 0.3 is 21.3 Å². The zero-order chi connectivity index (χ0) is 12.3. The smallest absolute Gasteiger partial charge is 0.227 e. The second-order valence-electron chi connectivity index (χ2n) is 1.66. The fourth-order valence-electron chi connectivity index (χ4n) is 0.284. The topological polar surface area (TPSA) is 30.8 Å². The number of hydrogen-bond acceptors (Lipinski definition) is 3. The molecule has 0 saturated heterocycles. The van der Waals surface area contributed by atoms with Gasteiger partial charge in [-0.05, 0) is 0 Å². The highest BCUT2D eigenvalue weighted by molar-refractivity contribution is 7.53. The fourth-order valence-corrected chi connectivity index (χ4v) is 1.47. The van der Waals surface area contributed by atoms with Crippen molar-refractivity contribution in [2.24, 2.45) is 4.52 Å². The minimum absolute atomic E-state index is 1.80. The molecule has 15 heavy (non-hydrogen) atoms. The summed E-state index contributed by atoms with van der Waals surface area (Å²) in [7, 11) is -8.80. The molecule has 2 unspecified atom stereocenters. The zero-order valence-corrected chi connectivity index (χ0v) is 8.13. The molecule has 0 aromatic carbocycles. The summed E-state index contributed by atoms with van der Waals surface area (Å²) in [5.74, 6) is 0. The van der Waals surface area contributed by atoms with Crippen molar-refractivity contribution in [3.05, 3.63) is 0 Å². The first-order valence-electron chi connectivity index (χ1n) is 2.71. The van der Waals surface area contributed by atoms with Crippen LogP contribution in [0.3, 0.4) is 0 Å². The highest BCUT2D eigenvalue weighted by Crippen LogP contribution is 2.53. The summed E-state index contributed by atoms with van der Waals surface area (Å²) in [6, 6.07) is 0. The van der Waals surface area contributed by atoms with E-state index in [-0.39, 0.29) is 0 Å². The molecule has 0 saturated carbocycles. The second kappa shape index (κ2) is 5.38. The van der Waals surface area contributed by atoms with Gasteiger partial charge in [0.2, 0.25) is 0 Å². The Labute approximate surface area is 79.0 Å². The molecule has 2 atom stereocenters. The maximum Gasteiger partial charge on any atom is 0.529 e. The molecule has 13 heteroatoms. The van der Waals surface area contributed by atoms with Gasteiger partial charge in [-0.2, -0.15) is 12.9 Å². The highest BCUT2D eigenvalue weighted by atomic mass is 31.2. The summed E-state index contributed by atoms with van der Waals surface area (Å²) in [4.78, 5) is 0. The molecule has 0 fully saturated rings. The van der Waals surface area contributed by atoms with Crippen molar-refractivity contribution in [3.63, 3.8) is 0 Å². The summed E-state index contributed by atoms with van der Waals surface area (Å²) in [5, 5.41) is 0. The molecule has 0 aromatic rings. The molecule has 0 spiro atoms. The predicted molar refractivity (Wildman–Crippen MR) is 34.2 cm³/mol. The molecule has 0 aliphatic carbocycles. The van der Waals surface area contributed by atoms with E-state index >= 15 is 0 Å². The summed E-state index contributed by atoms with van der Waals surface area (Å²) in [5.41, 5.74) is 0. The van der Waals surface area contributed by atoms with Crippen LogP contribution in [0.4, 0.5) is 34.7 Å². The Bertz CT molecular complexity index is 236. The quantitative estimate of drug-likeness (QED) is 0.566. The van der Waals surface area contributed by atoms with Crippen molar-refractivity contribution in [1.29, 1.82) is 0 Å². The zero-order valence-electron chi connectivity index (χ0n) is 6.23. The third kappa shape index (κ3) is 10.3. The molecular formula is C2HF8NO2P2. The largest absolute Gasteiger partial charge is 0.529 e. The van der Waals surface area contributed by atoms with E-state index in [2.05, 4.69) is 9.05 Å². The van der Waals surface area contributed by atoms with Crippen molar-refractivity contribution < 1.29 is 43.8 Å². The number of hydrogen-bond donors (Lipinski definition) is 0. The van der Waals surface area contributed by atoms with Crippen LogP contribution in [0.2, 0.25) is 0 Å². The molecule has 0 bridgehead atoms. The molecule has 0 aromatic heterocycles. The lowest BCUT2D eigenvalue weighted by Gasteiger charge is -2.08. The number of alkyl halides is 6. The number of halogens is 8. The molecule has 0 aliphatic heterocycles. The van der Waals surface area contributed by atoms with Crippen LogP contribution in [0.1, 0.15) is 0 Å². The molecule has 0 N–H and O–H groups in total. The first kappa shape index (κ1) is 15.0. The average molecular weight is 285 g/mol. The Morgan fingerprint density at radius 2 is 1.47 bits per heavy atom. The minimum Gasteiger partial charge on any atom is -0.227 e. The molecule has 0 rings (SSSR count). The van der Waals surface area contributed by atoms with E-state index in [0.717, 1.165) is 0 Å². The van der Waals surface area contributed by atoms with Gasteiger partial charge in [0.15, 0.2) is 0 Å². The summed E-state index contributed by atoms with van der Waals surface area (Å²) in [6.45, 7) is 0. The third-order valence-corrected chi connectivity index (χ3v) is 2.55. The lowest BCUT2D eigenvalue weighted by Crippen LogP contribution is -2.08. The van der Waals surface area contributed by atoms with Crippen molar-refractivity contribution >= 4 is 16.9 Å². The van der Waals surface area contributed by atoms with Crippen LogP contribution in [0.5, 0.6) is 0 Å². The molecule has 92 valence electrons. The van der Waals surface area contributed by atoms with Crippen LogP contribution in [-0.2, 0) is 9.05 Å². The van der Waals surface area contributed by atoms with Gasteiger partial charge in [0.25, 0.3) is 8.25 Å². The van der Waals surface area contributed by atoms with E-state index in [1.54, 1.807) is 4.52 Å². The van der Waals surface area contributed by atoms with Crippen molar-refractivity contribution in [2.75, 3.05) is 0 Å². The third-order valence-electron chi connectivity index (χ3n) is 0.536. The Kier molecular flexibility index (Phi) is 5.39. The number of rotatable bonds is 3. The Hall–Kier alpha value is 0.0200. The average Bonchev–Trinajstić information content (AvgIpc) is 1.73. The summed E-state index contributed by atoms with van der Waals surface area (Å²) >= 11 is 0. The van der Waals surface area contributed by atoms with Gasteiger partial charge in [0.1, 0.15) is 0 Å². The van der Waals surface area contributed by atoms with Gasteiger partial charge in [-0.25, -0.2) is 9.05 Å². The van der Waals surface area contributed by atoms with E-state index in [4.69, 9.17) is 0 Å². The first-order chi connectivity index (χ1) is 6.49. The van der Waals surface area contributed by atoms with Gasteiger partial charge in [-0.1, -0.05) is 0 Å². The standard InChI is InChI=1S/C2HF8NO2P2/c3-1(4,5)12-14(9)11-15(10)13-2(6,7)8/h14H. The highest BCUT2D eigenvalue weighted by Gasteiger charge is 2.36. The Morgan fingerprint density at radius 3 is 1.80 bits per heavy atom. The summed E-state index contributed by atoms with van der Waals surface area (Å²) < 4.78 is 98.2. The lowest BCUT2D eigenvalue weighted by molar-refractivity contribution is -0.273. The predicted octanol–water partition coefficient (Wildman–Crippen LogP) is 4.45. The van der Waals surface area contributed by atoms with Crippen LogP contribution < -0.4 is 0 Å². The van der Waals surface area contributed by atoms with Crippen LogP contribution in [0.25, 0.3) is 0 Å². The molecular weight excluding hydrogens is 284 g/mol. The monoisotopic (exact) mass is 285 g/mol. The second-order valence-corrected chi connectivity index (χ2v) is 3.81.